The summed E-state index contributed by atoms with van der Waals surface area (Å²) in [5.74, 6) is 1.65. The van der Waals surface area contributed by atoms with E-state index in [4.69, 9.17) is 13.6 Å². The van der Waals surface area contributed by atoms with Gasteiger partial charge in [-0.05, 0) is 37.1 Å². The molecule has 0 amide bonds. The first-order valence-corrected chi connectivity index (χ1v) is 9.14. The number of aromatic nitrogens is 2. The highest BCUT2D eigenvalue weighted by Gasteiger charge is 2.30. The molecule has 0 spiro atoms. The van der Waals surface area contributed by atoms with Crippen LogP contribution in [0.5, 0.6) is 5.75 Å². The Morgan fingerprint density at radius 3 is 2.68 bits per heavy atom. The van der Waals surface area contributed by atoms with E-state index in [0.29, 0.717) is 23.2 Å². The van der Waals surface area contributed by atoms with Gasteiger partial charge in [0.15, 0.2) is 5.76 Å². The van der Waals surface area contributed by atoms with Gasteiger partial charge in [0.2, 0.25) is 11.0 Å². The molecule has 1 aromatic carbocycles. The zero-order valence-corrected chi connectivity index (χ0v) is 14.1. The largest absolute Gasteiger partial charge is 0.495 e. The molecule has 0 radical (unpaired) electrons. The van der Waals surface area contributed by atoms with Gasteiger partial charge in [0, 0.05) is 5.92 Å². The third kappa shape index (κ3) is 3.10. The third-order valence-corrected chi connectivity index (χ3v) is 5.01. The van der Waals surface area contributed by atoms with Gasteiger partial charge in [0.25, 0.3) is 15.9 Å². The molecule has 1 N–H and O–H groups in total. The first-order valence-electron chi connectivity index (χ1n) is 7.66. The molecule has 3 aromatic rings. The van der Waals surface area contributed by atoms with Gasteiger partial charge in [-0.3, -0.25) is 4.72 Å². The van der Waals surface area contributed by atoms with E-state index in [2.05, 4.69) is 14.9 Å². The summed E-state index contributed by atoms with van der Waals surface area (Å²) in [6, 6.07) is 9.53. The fourth-order valence-corrected chi connectivity index (χ4v) is 3.34. The zero-order chi connectivity index (χ0) is 17.4. The Labute approximate surface area is 143 Å². The van der Waals surface area contributed by atoms with Crippen molar-refractivity contribution >= 4 is 15.7 Å². The Kier molecular flexibility index (Phi) is 3.72. The van der Waals surface area contributed by atoms with E-state index in [9.17, 15) is 8.42 Å². The van der Waals surface area contributed by atoms with Crippen LogP contribution in [-0.4, -0.2) is 25.7 Å². The first-order chi connectivity index (χ1) is 12.1. The molecule has 2 heterocycles. The van der Waals surface area contributed by atoms with Crippen molar-refractivity contribution in [1.82, 2.24) is 10.2 Å². The number of nitrogens with zero attached hydrogens (tertiary/aromatic N) is 2. The van der Waals surface area contributed by atoms with E-state index in [1.807, 2.05) is 0 Å². The van der Waals surface area contributed by atoms with Gasteiger partial charge >= 0.3 is 0 Å². The smallest absolute Gasteiger partial charge is 0.295 e. The van der Waals surface area contributed by atoms with Crippen molar-refractivity contribution in [3.8, 4) is 17.4 Å². The van der Waals surface area contributed by atoms with Gasteiger partial charge in [-0.25, -0.2) is 0 Å². The number of furan rings is 1. The van der Waals surface area contributed by atoms with E-state index < -0.39 is 10.0 Å². The predicted octanol–water partition coefficient (Wildman–Crippen LogP) is 3.02. The van der Waals surface area contributed by atoms with Gasteiger partial charge < -0.3 is 13.6 Å². The van der Waals surface area contributed by atoms with Gasteiger partial charge in [-0.1, -0.05) is 12.1 Å². The lowest BCUT2D eigenvalue weighted by Gasteiger charge is -2.09. The summed E-state index contributed by atoms with van der Waals surface area (Å²) in [4.78, 5) is 0. The molecule has 1 fully saturated rings. The van der Waals surface area contributed by atoms with Crippen LogP contribution in [0.2, 0.25) is 0 Å². The molecule has 1 aliphatic rings. The number of nitrogens with one attached hydrogen (secondary N) is 1. The standard InChI is InChI=1S/C16H15N3O5S/c1-22-12-5-3-2-4-11(12)19-25(20,21)14-9-8-13(23-14)16-18-17-15(24-16)10-6-7-10/h2-5,8-10,19H,6-7H2,1H3. The van der Waals surface area contributed by atoms with Crippen LogP contribution in [0.4, 0.5) is 5.69 Å². The second kappa shape index (κ2) is 5.92. The van der Waals surface area contributed by atoms with Crippen LogP contribution in [0.15, 0.2) is 50.3 Å². The van der Waals surface area contributed by atoms with Crippen molar-refractivity contribution < 1.29 is 22.0 Å². The van der Waals surface area contributed by atoms with E-state index >= 15 is 0 Å². The van der Waals surface area contributed by atoms with Gasteiger partial charge in [0.05, 0.1) is 12.8 Å². The van der Waals surface area contributed by atoms with Crippen molar-refractivity contribution in [3.63, 3.8) is 0 Å². The Bertz CT molecular complexity index is 1000. The quantitative estimate of drug-likeness (QED) is 0.719. The lowest BCUT2D eigenvalue weighted by molar-refractivity contribution is 0.416. The van der Waals surface area contributed by atoms with E-state index in [1.54, 1.807) is 24.3 Å². The molecule has 9 heteroatoms. The zero-order valence-electron chi connectivity index (χ0n) is 13.3. The molecule has 25 heavy (non-hydrogen) atoms. The number of hydrogen-bond acceptors (Lipinski definition) is 7. The maximum Gasteiger partial charge on any atom is 0.295 e. The number of hydrogen-bond donors (Lipinski definition) is 1. The number of methoxy groups -OCH3 is 1. The summed E-state index contributed by atoms with van der Waals surface area (Å²) in [5, 5.41) is 7.62. The summed E-state index contributed by atoms with van der Waals surface area (Å²) >= 11 is 0. The average Bonchev–Trinajstić information content (AvgIpc) is 3.12. The maximum atomic E-state index is 12.5. The molecule has 1 saturated carbocycles. The summed E-state index contributed by atoms with van der Waals surface area (Å²) in [6.07, 6.45) is 2.06. The lowest BCUT2D eigenvalue weighted by atomic mass is 10.3. The summed E-state index contributed by atoms with van der Waals surface area (Å²) in [7, 11) is -2.45. The van der Waals surface area contributed by atoms with Crippen LogP contribution >= 0.6 is 0 Å². The van der Waals surface area contributed by atoms with E-state index in [1.165, 1.54) is 19.2 Å². The molecule has 0 saturated heterocycles. The molecule has 0 unspecified atom stereocenters. The van der Waals surface area contributed by atoms with Crippen LogP contribution in [-0.2, 0) is 10.0 Å². The van der Waals surface area contributed by atoms with E-state index in [-0.39, 0.29) is 16.7 Å². The average molecular weight is 361 g/mol. The molecule has 0 aliphatic heterocycles. The molecule has 8 nitrogen and oxygen atoms in total. The van der Waals surface area contributed by atoms with Crippen LogP contribution in [0.1, 0.15) is 24.7 Å². The van der Waals surface area contributed by atoms with Crippen molar-refractivity contribution in [2.75, 3.05) is 11.8 Å². The van der Waals surface area contributed by atoms with Crippen LogP contribution < -0.4 is 9.46 Å². The molecule has 0 atom stereocenters. The fourth-order valence-electron chi connectivity index (χ4n) is 2.33. The second-order valence-corrected chi connectivity index (χ2v) is 7.26. The van der Waals surface area contributed by atoms with Crippen molar-refractivity contribution in [2.24, 2.45) is 0 Å². The number of anilines is 1. The molecule has 4 rings (SSSR count). The minimum absolute atomic E-state index is 0.167. The van der Waals surface area contributed by atoms with Gasteiger partial charge in [-0.15, -0.1) is 10.2 Å². The van der Waals surface area contributed by atoms with Crippen LogP contribution in [0, 0.1) is 0 Å². The second-order valence-electron chi connectivity index (χ2n) is 5.64. The van der Waals surface area contributed by atoms with Crippen molar-refractivity contribution in [1.29, 1.82) is 0 Å². The normalized spacial score (nSPS) is 14.4. The van der Waals surface area contributed by atoms with Gasteiger partial charge in [-0.2, -0.15) is 8.42 Å². The Morgan fingerprint density at radius 2 is 1.92 bits per heavy atom. The molecule has 0 bridgehead atoms. The monoisotopic (exact) mass is 361 g/mol. The number of rotatable bonds is 6. The summed E-state index contributed by atoms with van der Waals surface area (Å²) in [5.41, 5.74) is 0.316. The minimum Gasteiger partial charge on any atom is -0.495 e. The minimum atomic E-state index is -3.92. The number of sulfonamides is 1. The highest BCUT2D eigenvalue weighted by molar-refractivity contribution is 7.92. The summed E-state index contributed by atoms with van der Waals surface area (Å²) in [6.45, 7) is 0. The molecular formula is C16H15N3O5S. The highest BCUT2D eigenvalue weighted by Crippen LogP contribution is 2.40. The van der Waals surface area contributed by atoms with Gasteiger partial charge in [0.1, 0.15) is 5.75 Å². The fraction of sp³-hybridized carbons (Fsp3) is 0.250. The molecule has 1 aliphatic carbocycles. The maximum absolute atomic E-state index is 12.5. The molecule has 130 valence electrons. The Morgan fingerprint density at radius 1 is 1.12 bits per heavy atom. The van der Waals surface area contributed by atoms with E-state index in [0.717, 1.165) is 12.8 Å². The number of para-hydroxylation sites is 2. The Hall–Kier alpha value is -2.81. The van der Waals surface area contributed by atoms with Crippen LogP contribution in [0.25, 0.3) is 11.7 Å². The third-order valence-electron chi connectivity index (χ3n) is 3.78. The topological polar surface area (TPSA) is 107 Å². The number of benzene rings is 1. The Balaban J connectivity index is 1.59. The first kappa shape index (κ1) is 15.7. The van der Waals surface area contributed by atoms with Crippen LogP contribution in [0.3, 0.4) is 0 Å². The molecular weight excluding hydrogens is 346 g/mol. The lowest BCUT2D eigenvalue weighted by Crippen LogP contribution is -2.12. The predicted molar refractivity (Wildman–Crippen MR) is 87.8 cm³/mol. The highest BCUT2D eigenvalue weighted by atomic mass is 32.2. The SMILES string of the molecule is COc1ccccc1NS(=O)(=O)c1ccc(-c2nnc(C3CC3)o2)o1. The van der Waals surface area contributed by atoms with Crippen molar-refractivity contribution in [3.05, 3.63) is 42.3 Å². The molecule has 2 aromatic heterocycles. The summed E-state index contributed by atoms with van der Waals surface area (Å²) < 4.78 is 43.5. The number of ether oxygens (including phenoxy) is 1. The van der Waals surface area contributed by atoms with Crippen molar-refractivity contribution in [2.45, 2.75) is 23.9 Å².